The minimum Gasteiger partial charge on any atom is -0.374 e. The van der Waals surface area contributed by atoms with Gasteiger partial charge in [0.25, 0.3) is 0 Å². The molecule has 0 bridgehead atoms. The van der Waals surface area contributed by atoms with E-state index in [0.717, 1.165) is 31.7 Å². The zero-order valence-electron chi connectivity index (χ0n) is 16.2. The molecule has 0 rings (SSSR count). The van der Waals surface area contributed by atoms with E-state index in [1.54, 1.807) is 0 Å². The maximum absolute atomic E-state index is 12.4. The van der Waals surface area contributed by atoms with Gasteiger partial charge in [0.2, 0.25) is 0 Å². The fourth-order valence-electron chi connectivity index (χ4n) is 2.56. The summed E-state index contributed by atoms with van der Waals surface area (Å²) in [5.74, 6) is 0. The molecule has 0 radical (unpaired) electrons. The molecule has 0 fully saturated rings. The lowest BCUT2D eigenvalue weighted by Gasteiger charge is -2.28. The van der Waals surface area contributed by atoms with Crippen molar-refractivity contribution in [1.29, 1.82) is 0 Å². The van der Waals surface area contributed by atoms with E-state index in [9.17, 15) is 4.57 Å². The number of hydrogen-bond donors (Lipinski definition) is 0. The Hall–Kier alpha value is 0.247. The summed E-state index contributed by atoms with van der Waals surface area (Å²) in [6.45, 7) is 12.3. The molecule has 0 aliphatic carbocycles. The standard InChI is InChI=1S/C16H37O6PSi/c1-6-18-23(17,19-7-2)15-13-11-12-14-16-24(20-8-3,21-9-4)22-10-5/h6-16H2,1-5H3. The molecule has 0 saturated heterocycles. The van der Waals surface area contributed by atoms with Crippen LogP contribution in [0.15, 0.2) is 0 Å². The van der Waals surface area contributed by atoms with E-state index in [-0.39, 0.29) is 0 Å². The van der Waals surface area contributed by atoms with Crippen LogP contribution in [0.2, 0.25) is 6.04 Å². The molecular weight excluding hydrogens is 347 g/mol. The van der Waals surface area contributed by atoms with Gasteiger partial charge in [0.1, 0.15) is 0 Å². The first-order chi connectivity index (χ1) is 11.5. The zero-order chi connectivity index (χ0) is 18.3. The van der Waals surface area contributed by atoms with Gasteiger partial charge in [-0.25, -0.2) is 0 Å². The maximum Gasteiger partial charge on any atom is 0.500 e. The highest BCUT2D eigenvalue weighted by Gasteiger charge is 2.39. The van der Waals surface area contributed by atoms with E-state index in [0.29, 0.717) is 39.2 Å². The fourth-order valence-corrected chi connectivity index (χ4v) is 6.98. The van der Waals surface area contributed by atoms with E-state index in [1.165, 1.54) is 0 Å². The molecule has 0 unspecified atom stereocenters. The van der Waals surface area contributed by atoms with Gasteiger partial charge in [0.15, 0.2) is 0 Å². The normalized spacial score (nSPS) is 12.7. The second kappa shape index (κ2) is 14.4. The number of hydrogen-bond acceptors (Lipinski definition) is 6. The van der Waals surface area contributed by atoms with Crippen LogP contribution < -0.4 is 0 Å². The van der Waals surface area contributed by atoms with E-state index >= 15 is 0 Å². The highest BCUT2D eigenvalue weighted by molar-refractivity contribution is 7.53. The van der Waals surface area contributed by atoms with Gasteiger partial charge in [-0.1, -0.05) is 12.8 Å². The first kappa shape index (κ1) is 24.2. The molecule has 8 heteroatoms. The Morgan fingerprint density at radius 3 is 1.54 bits per heavy atom. The Morgan fingerprint density at radius 1 is 0.667 bits per heavy atom. The molecule has 0 aliphatic rings. The lowest BCUT2D eigenvalue weighted by atomic mass is 10.2. The molecule has 0 saturated carbocycles. The van der Waals surface area contributed by atoms with E-state index in [4.69, 9.17) is 22.3 Å². The zero-order valence-corrected chi connectivity index (χ0v) is 18.1. The van der Waals surface area contributed by atoms with Gasteiger partial charge in [-0.05, 0) is 47.5 Å². The molecule has 6 nitrogen and oxygen atoms in total. The second-order valence-electron chi connectivity index (χ2n) is 5.32. The highest BCUT2D eigenvalue weighted by Crippen LogP contribution is 2.48. The topological polar surface area (TPSA) is 63.2 Å². The van der Waals surface area contributed by atoms with E-state index in [1.807, 2.05) is 34.6 Å². The Kier molecular flexibility index (Phi) is 14.6. The SMILES string of the molecule is CCO[Si](CCCCCCP(=O)(OCC)OCC)(OCC)OCC. The predicted octanol–water partition coefficient (Wildman–Crippen LogP) is 4.86. The summed E-state index contributed by atoms with van der Waals surface area (Å²) >= 11 is 0. The fraction of sp³-hybridized carbons (Fsp3) is 1.00. The van der Waals surface area contributed by atoms with Crippen LogP contribution in [0.5, 0.6) is 0 Å². The molecule has 146 valence electrons. The lowest BCUT2D eigenvalue weighted by Crippen LogP contribution is -2.45. The molecule has 0 amide bonds. The van der Waals surface area contributed by atoms with Crippen molar-refractivity contribution in [2.75, 3.05) is 39.2 Å². The van der Waals surface area contributed by atoms with Crippen LogP contribution in [0.25, 0.3) is 0 Å². The minimum absolute atomic E-state index is 0.419. The van der Waals surface area contributed by atoms with Crippen LogP contribution >= 0.6 is 7.60 Å². The largest absolute Gasteiger partial charge is 0.500 e. The highest BCUT2D eigenvalue weighted by atomic mass is 31.2. The van der Waals surface area contributed by atoms with Gasteiger partial charge in [0.05, 0.1) is 19.4 Å². The van der Waals surface area contributed by atoms with Gasteiger partial charge < -0.3 is 22.3 Å². The van der Waals surface area contributed by atoms with Crippen molar-refractivity contribution < 1.29 is 26.9 Å². The first-order valence-corrected chi connectivity index (χ1v) is 13.0. The van der Waals surface area contributed by atoms with Gasteiger partial charge in [-0.2, -0.15) is 0 Å². The third kappa shape index (κ3) is 10.3. The Bertz CT molecular complexity index is 316. The number of unbranched alkanes of at least 4 members (excludes halogenated alkanes) is 3. The first-order valence-electron chi connectivity index (χ1n) is 9.31. The van der Waals surface area contributed by atoms with Crippen LogP contribution in [0.1, 0.15) is 60.3 Å². The molecule has 0 heterocycles. The second-order valence-corrected chi connectivity index (χ2v) is 10.2. The summed E-state index contributed by atoms with van der Waals surface area (Å²) in [6, 6.07) is 0.830. The van der Waals surface area contributed by atoms with E-state index < -0.39 is 16.4 Å². The smallest absolute Gasteiger partial charge is 0.374 e. The Labute approximate surface area is 149 Å². The van der Waals surface area contributed by atoms with Crippen LogP contribution in [-0.4, -0.2) is 48.0 Å². The molecule has 0 aliphatic heterocycles. The minimum atomic E-state index is -2.90. The molecular formula is C16H37O6PSi. The van der Waals surface area contributed by atoms with E-state index in [2.05, 4.69) is 0 Å². The molecule has 24 heavy (non-hydrogen) atoms. The Balaban J connectivity index is 4.18. The van der Waals surface area contributed by atoms with Crippen molar-refractivity contribution in [2.45, 2.75) is 66.3 Å². The molecule has 0 N–H and O–H groups in total. The molecule has 0 aromatic heterocycles. The van der Waals surface area contributed by atoms with Gasteiger partial charge in [-0.3, -0.25) is 4.57 Å². The average molecular weight is 385 g/mol. The van der Waals surface area contributed by atoms with Crippen molar-refractivity contribution in [3.8, 4) is 0 Å². The lowest BCUT2D eigenvalue weighted by molar-refractivity contribution is 0.0706. The summed E-state index contributed by atoms with van der Waals surface area (Å²) in [6.07, 6.45) is 4.32. The molecule has 0 atom stereocenters. The Morgan fingerprint density at radius 2 is 1.12 bits per heavy atom. The van der Waals surface area contributed by atoms with Crippen LogP contribution in [0, 0.1) is 0 Å². The van der Waals surface area contributed by atoms with Gasteiger partial charge in [0, 0.05) is 25.9 Å². The monoisotopic (exact) mass is 384 g/mol. The van der Waals surface area contributed by atoms with Crippen LogP contribution in [0.4, 0.5) is 0 Å². The third-order valence-electron chi connectivity index (χ3n) is 3.41. The summed E-state index contributed by atoms with van der Waals surface area (Å²) in [5, 5.41) is 0. The van der Waals surface area contributed by atoms with Gasteiger partial charge >= 0.3 is 16.4 Å². The molecule has 0 aromatic carbocycles. The molecule has 0 aromatic rings. The molecule has 0 spiro atoms. The maximum atomic E-state index is 12.4. The van der Waals surface area contributed by atoms with Crippen molar-refractivity contribution in [3.05, 3.63) is 0 Å². The third-order valence-corrected chi connectivity index (χ3v) is 8.73. The van der Waals surface area contributed by atoms with Crippen LogP contribution in [-0.2, 0) is 26.9 Å². The number of rotatable bonds is 17. The summed E-state index contributed by atoms with van der Waals surface area (Å²) in [7, 11) is -5.42. The van der Waals surface area contributed by atoms with Crippen molar-refractivity contribution in [3.63, 3.8) is 0 Å². The quantitative estimate of drug-likeness (QED) is 0.203. The average Bonchev–Trinajstić information content (AvgIpc) is 2.52. The predicted molar refractivity (Wildman–Crippen MR) is 99.6 cm³/mol. The van der Waals surface area contributed by atoms with Crippen molar-refractivity contribution in [2.24, 2.45) is 0 Å². The van der Waals surface area contributed by atoms with Crippen molar-refractivity contribution in [1.82, 2.24) is 0 Å². The summed E-state index contributed by atoms with van der Waals surface area (Å²) in [5.41, 5.74) is 0. The van der Waals surface area contributed by atoms with Gasteiger partial charge in [-0.15, -0.1) is 0 Å². The summed E-state index contributed by atoms with van der Waals surface area (Å²) in [4.78, 5) is 0. The van der Waals surface area contributed by atoms with Crippen LogP contribution in [0.3, 0.4) is 0 Å². The van der Waals surface area contributed by atoms with Crippen molar-refractivity contribution >= 4 is 16.4 Å². The summed E-state index contributed by atoms with van der Waals surface area (Å²) < 4.78 is 40.5.